The molecule has 3 atom stereocenters. The van der Waals surface area contributed by atoms with E-state index in [-0.39, 0.29) is 11.7 Å². The molecule has 0 aliphatic heterocycles. The summed E-state index contributed by atoms with van der Waals surface area (Å²) >= 11 is 0. The number of aliphatic carboxylic acids is 1. The van der Waals surface area contributed by atoms with Gasteiger partial charge in [-0.25, -0.2) is 0 Å². The molecule has 156 valence electrons. The molecule has 0 amide bonds. The van der Waals surface area contributed by atoms with Crippen molar-refractivity contribution >= 4 is 5.97 Å². The van der Waals surface area contributed by atoms with E-state index in [0.29, 0.717) is 17.1 Å². The summed E-state index contributed by atoms with van der Waals surface area (Å²) in [6, 6.07) is 22.0. The molecule has 0 fully saturated rings. The number of aromatic hydroxyl groups is 1. The fourth-order valence-corrected chi connectivity index (χ4v) is 3.97. The highest BCUT2D eigenvalue weighted by atomic mass is 16.5. The molecule has 30 heavy (non-hydrogen) atoms. The van der Waals surface area contributed by atoms with E-state index in [4.69, 9.17) is 9.47 Å². The highest BCUT2D eigenvalue weighted by molar-refractivity contribution is 5.74. The molecule has 3 aromatic rings. The predicted octanol–water partition coefficient (Wildman–Crippen LogP) is 5.05. The van der Waals surface area contributed by atoms with Crippen LogP contribution in [0, 0.1) is 5.92 Å². The number of phenolic OH excluding ortho intramolecular Hbond substituents is 1. The first-order chi connectivity index (χ1) is 14.5. The van der Waals surface area contributed by atoms with E-state index in [1.807, 2.05) is 61.5 Å². The van der Waals surface area contributed by atoms with Gasteiger partial charge in [0, 0.05) is 11.5 Å². The summed E-state index contributed by atoms with van der Waals surface area (Å²) in [6.45, 7) is 1.89. The summed E-state index contributed by atoms with van der Waals surface area (Å²) < 4.78 is 10.6. The number of carboxylic acids is 1. The largest absolute Gasteiger partial charge is 0.504 e. The third kappa shape index (κ3) is 4.25. The number of para-hydroxylation sites is 1. The molecular formula is C25H26O5. The Kier molecular flexibility index (Phi) is 6.62. The molecule has 0 aromatic heterocycles. The zero-order chi connectivity index (χ0) is 21.7. The van der Waals surface area contributed by atoms with Crippen molar-refractivity contribution in [3.63, 3.8) is 0 Å². The molecular weight excluding hydrogens is 380 g/mol. The van der Waals surface area contributed by atoms with Gasteiger partial charge in [0.2, 0.25) is 0 Å². The lowest BCUT2D eigenvalue weighted by Gasteiger charge is -2.31. The van der Waals surface area contributed by atoms with E-state index in [9.17, 15) is 15.0 Å². The minimum Gasteiger partial charge on any atom is -0.504 e. The maximum Gasteiger partial charge on any atom is 0.308 e. The first-order valence-electron chi connectivity index (χ1n) is 9.75. The van der Waals surface area contributed by atoms with Crippen LogP contribution < -0.4 is 9.47 Å². The van der Waals surface area contributed by atoms with Gasteiger partial charge in [-0.1, -0.05) is 61.5 Å². The van der Waals surface area contributed by atoms with Crippen molar-refractivity contribution in [1.82, 2.24) is 0 Å². The monoisotopic (exact) mass is 406 g/mol. The Hall–Kier alpha value is -3.47. The van der Waals surface area contributed by atoms with Gasteiger partial charge in [0.25, 0.3) is 0 Å². The Balaban J connectivity index is 2.18. The molecule has 0 unspecified atom stereocenters. The fourth-order valence-electron chi connectivity index (χ4n) is 3.97. The molecule has 0 saturated heterocycles. The Labute approximate surface area is 176 Å². The van der Waals surface area contributed by atoms with Crippen molar-refractivity contribution in [3.8, 4) is 17.2 Å². The van der Waals surface area contributed by atoms with Gasteiger partial charge >= 0.3 is 5.97 Å². The lowest BCUT2D eigenvalue weighted by molar-refractivity contribution is -0.143. The summed E-state index contributed by atoms with van der Waals surface area (Å²) in [4.78, 5) is 12.6. The minimum atomic E-state index is -0.943. The van der Waals surface area contributed by atoms with Crippen LogP contribution in [-0.4, -0.2) is 30.4 Å². The Bertz CT molecular complexity index is 999. The van der Waals surface area contributed by atoms with Crippen molar-refractivity contribution < 1.29 is 24.5 Å². The van der Waals surface area contributed by atoms with Gasteiger partial charge in [0.1, 0.15) is 5.75 Å². The third-order valence-corrected chi connectivity index (χ3v) is 5.55. The second-order valence-corrected chi connectivity index (χ2v) is 7.22. The smallest absolute Gasteiger partial charge is 0.308 e. The third-order valence-electron chi connectivity index (χ3n) is 5.55. The average molecular weight is 406 g/mol. The van der Waals surface area contributed by atoms with Crippen LogP contribution in [0.3, 0.4) is 0 Å². The standard InChI is InChI=1S/C25H26O5/c1-16(18-11-7-12-19(15-18)29-2)22(25(27)28)23(17-9-5-4-6-10-17)20-13-8-14-21(30-3)24(20)26/h4-16,22-23,26H,1-3H3,(H,27,28)/t16-,22+,23+/m1/s1. The highest BCUT2D eigenvalue weighted by Gasteiger charge is 2.37. The lowest BCUT2D eigenvalue weighted by Crippen LogP contribution is -2.28. The molecule has 5 nitrogen and oxygen atoms in total. The first kappa shape index (κ1) is 21.2. The molecule has 0 heterocycles. The first-order valence-corrected chi connectivity index (χ1v) is 9.75. The lowest BCUT2D eigenvalue weighted by atomic mass is 9.72. The number of carbonyl (C=O) groups is 1. The number of carboxylic acid groups (broad SMARTS) is 1. The molecule has 3 rings (SSSR count). The van der Waals surface area contributed by atoms with Crippen molar-refractivity contribution in [1.29, 1.82) is 0 Å². The number of methoxy groups -OCH3 is 2. The molecule has 0 saturated carbocycles. The van der Waals surface area contributed by atoms with Crippen LogP contribution in [0.2, 0.25) is 0 Å². The Morgan fingerprint density at radius 2 is 1.53 bits per heavy atom. The summed E-state index contributed by atoms with van der Waals surface area (Å²) in [7, 11) is 3.06. The maximum absolute atomic E-state index is 12.6. The maximum atomic E-state index is 12.6. The van der Waals surface area contributed by atoms with E-state index in [1.54, 1.807) is 25.3 Å². The van der Waals surface area contributed by atoms with Crippen LogP contribution in [0.1, 0.15) is 35.4 Å². The highest BCUT2D eigenvalue weighted by Crippen LogP contribution is 2.46. The zero-order valence-electron chi connectivity index (χ0n) is 17.3. The van der Waals surface area contributed by atoms with E-state index >= 15 is 0 Å². The molecule has 0 bridgehead atoms. The van der Waals surface area contributed by atoms with Crippen LogP contribution in [0.15, 0.2) is 72.8 Å². The average Bonchev–Trinajstić information content (AvgIpc) is 2.78. The predicted molar refractivity (Wildman–Crippen MR) is 115 cm³/mol. The molecule has 0 aliphatic rings. The molecule has 0 spiro atoms. The van der Waals surface area contributed by atoms with Gasteiger partial charge in [-0.05, 0) is 35.2 Å². The summed E-state index contributed by atoms with van der Waals surface area (Å²) in [5, 5.41) is 21.1. The van der Waals surface area contributed by atoms with Gasteiger partial charge in [-0.3, -0.25) is 4.79 Å². The Morgan fingerprint density at radius 3 is 2.17 bits per heavy atom. The van der Waals surface area contributed by atoms with Crippen molar-refractivity contribution in [2.75, 3.05) is 14.2 Å². The fraction of sp³-hybridized carbons (Fsp3) is 0.240. The van der Waals surface area contributed by atoms with Crippen LogP contribution in [0.4, 0.5) is 0 Å². The van der Waals surface area contributed by atoms with Crippen LogP contribution in [-0.2, 0) is 4.79 Å². The Morgan fingerprint density at radius 1 is 0.867 bits per heavy atom. The number of rotatable bonds is 8. The second-order valence-electron chi connectivity index (χ2n) is 7.22. The molecule has 3 aromatic carbocycles. The zero-order valence-corrected chi connectivity index (χ0v) is 17.3. The number of hydrogen-bond donors (Lipinski definition) is 2. The van der Waals surface area contributed by atoms with Crippen LogP contribution >= 0.6 is 0 Å². The van der Waals surface area contributed by atoms with E-state index in [1.165, 1.54) is 7.11 Å². The van der Waals surface area contributed by atoms with Crippen LogP contribution in [0.25, 0.3) is 0 Å². The normalized spacial score (nSPS) is 13.8. The van der Waals surface area contributed by atoms with Gasteiger partial charge in [-0.2, -0.15) is 0 Å². The van der Waals surface area contributed by atoms with Gasteiger partial charge in [0.05, 0.1) is 20.1 Å². The number of hydrogen-bond acceptors (Lipinski definition) is 4. The molecule has 0 radical (unpaired) electrons. The second kappa shape index (κ2) is 9.35. The van der Waals surface area contributed by atoms with Crippen molar-refractivity contribution in [2.24, 2.45) is 5.92 Å². The van der Waals surface area contributed by atoms with E-state index < -0.39 is 17.8 Å². The van der Waals surface area contributed by atoms with E-state index in [0.717, 1.165) is 11.1 Å². The number of phenols is 1. The van der Waals surface area contributed by atoms with Gasteiger partial charge in [-0.15, -0.1) is 0 Å². The van der Waals surface area contributed by atoms with Gasteiger partial charge in [0.15, 0.2) is 11.5 Å². The topological polar surface area (TPSA) is 76.0 Å². The SMILES string of the molecule is COc1cccc([C@@H](C)[C@H](C(=O)O)[C@@H](c2ccccc2)c2cccc(OC)c2O)c1. The molecule has 2 N–H and O–H groups in total. The van der Waals surface area contributed by atoms with Crippen molar-refractivity contribution in [2.45, 2.75) is 18.8 Å². The molecule has 0 aliphatic carbocycles. The van der Waals surface area contributed by atoms with E-state index in [2.05, 4.69) is 0 Å². The number of ether oxygens (including phenoxy) is 2. The summed E-state index contributed by atoms with van der Waals surface area (Å²) in [6.07, 6.45) is 0. The van der Waals surface area contributed by atoms with Crippen molar-refractivity contribution in [3.05, 3.63) is 89.5 Å². The number of benzene rings is 3. The quantitative estimate of drug-likeness (QED) is 0.548. The van der Waals surface area contributed by atoms with Crippen LogP contribution in [0.5, 0.6) is 17.2 Å². The summed E-state index contributed by atoms with van der Waals surface area (Å²) in [5.41, 5.74) is 2.18. The minimum absolute atomic E-state index is 0.0436. The molecule has 5 heteroatoms. The summed E-state index contributed by atoms with van der Waals surface area (Å²) in [5.74, 6) is -1.78. The van der Waals surface area contributed by atoms with Gasteiger partial charge < -0.3 is 19.7 Å².